The van der Waals surface area contributed by atoms with E-state index in [0.29, 0.717) is 40.7 Å². The van der Waals surface area contributed by atoms with Crippen LogP contribution < -0.4 is 14.2 Å². The molecule has 0 aliphatic carbocycles. The molecular weight excluding hydrogens is 446 g/mol. The maximum atomic E-state index is 12.5. The quantitative estimate of drug-likeness (QED) is 0.301. The van der Waals surface area contributed by atoms with Gasteiger partial charge in [-0.05, 0) is 37.3 Å². The molecule has 0 fully saturated rings. The standard InChI is InChI=1S/C24H27NO7S/c1-7-32-20-12-14(8-9-19(20)27-2)22-25-18(13-33-22)15-10-16(23(26)29-4)21(28-3)17(11-15)24(30-5)31-6/h8-13,24H,7H2,1-6H3. The second-order valence-corrected chi connectivity index (χ2v) is 7.64. The summed E-state index contributed by atoms with van der Waals surface area (Å²) < 4.78 is 32.4. The van der Waals surface area contributed by atoms with Crippen molar-refractivity contribution in [2.75, 3.05) is 42.2 Å². The number of nitrogens with zero attached hydrogens (tertiary/aromatic N) is 1. The molecular formula is C24H27NO7S. The summed E-state index contributed by atoms with van der Waals surface area (Å²) in [6.45, 7) is 2.44. The van der Waals surface area contributed by atoms with Crippen molar-refractivity contribution < 1.29 is 33.2 Å². The van der Waals surface area contributed by atoms with E-state index in [0.717, 1.165) is 10.6 Å². The van der Waals surface area contributed by atoms with E-state index < -0.39 is 12.3 Å². The van der Waals surface area contributed by atoms with E-state index in [2.05, 4.69) is 0 Å². The van der Waals surface area contributed by atoms with Crippen molar-refractivity contribution in [2.45, 2.75) is 13.2 Å². The van der Waals surface area contributed by atoms with Gasteiger partial charge in [-0.2, -0.15) is 0 Å². The van der Waals surface area contributed by atoms with Crippen molar-refractivity contribution in [3.63, 3.8) is 0 Å². The van der Waals surface area contributed by atoms with Gasteiger partial charge in [-0.3, -0.25) is 0 Å². The maximum Gasteiger partial charge on any atom is 0.341 e. The number of methoxy groups -OCH3 is 5. The minimum Gasteiger partial charge on any atom is -0.495 e. The van der Waals surface area contributed by atoms with Crippen molar-refractivity contribution >= 4 is 17.3 Å². The molecule has 0 radical (unpaired) electrons. The van der Waals surface area contributed by atoms with Crippen LogP contribution in [0.5, 0.6) is 17.2 Å². The Hall–Kier alpha value is -3.14. The summed E-state index contributed by atoms with van der Waals surface area (Å²) in [5, 5.41) is 2.71. The fraction of sp³-hybridized carbons (Fsp3) is 0.333. The van der Waals surface area contributed by atoms with Crippen LogP contribution in [0.4, 0.5) is 0 Å². The van der Waals surface area contributed by atoms with Gasteiger partial charge in [0.15, 0.2) is 17.8 Å². The van der Waals surface area contributed by atoms with Gasteiger partial charge in [-0.1, -0.05) is 0 Å². The predicted molar refractivity (Wildman–Crippen MR) is 125 cm³/mol. The van der Waals surface area contributed by atoms with E-state index in [1.165, 1.54) is 39.8 Å². The fourth-order valence-corrected chi connectivity index (χ4v) is 4.26. The second kappa shape index (κ2) is 11.1. The largest absolute Gasteiger partial charge is 0.495 e. The van der Waals surface area contributed by atoms with Crippen molar-refractivity contribution in [1.82, 2.24) is 4.98 Å². The lowest BCUT2D eigenvalue weighted by atomic mass is 10.0. The number of rotatable bonds is 10. The summed E-state index contributed by atoms with van der Waals surface area (Å²) in [7, 11) is 7.43. The molecule has 3 rings (SSSR count). The summed E-state index contributed by atoms with van der Waals surface area (Å²) in [5.41, 5.74) is 3.08. The number of thiazole rings is 1. The molecule has 0 N–H and O–H groups in total. The summed E-state index contributed by atoms with van der Waals surface area (Å²) in [5.74, 6) is 1.10. The van der Waals surface area contributed by atoms with Gasteiger partial charge in [-0.25, -0.2) is 9.78 Å². The number of hydrogen-bond acceptors (Lipinski definition) is 9. The van der Waals surface area contributed by atoms with Crippen molar-refractivity contribution in [1.29, 1.82) is 0 Å². The Morgan fingerprint density at radius 2 is 1.73 bits per heavy atom. The molecule has 0 saturated carbocycles. The molecule has 0 spiro atoms. The first-order valence-electron chi connectivity index (χ1n) is 10.1. The van der Waals surface area contributed by atoms with Gasteiger partial charge in [0.2, 0.25) is 0 Å². The van der Waals surface area contributed by atoms with E-state index >= 15 is 0 Å². The van der Waals surface area contributed by atoms with Crippen LogP contribution in [0.25, 0.3) is 21.8 Å². The van der Waals surface area contributed by atoms with Crippen LogP contribution in [-0.4, -0.2) is 53.1 Å². The number of hydrogen-bond donors (Lipinski definition) is 0. The third kappa shape index (κ3) is 5.11. The number of esters is 1. The number of ether oxygens (including phenoxy) is 6. The zero-order chi connectivity index (χ0) is 24.0. The smallest absolute Gasteiger partial charge is 0.341 e. The zero-order valence-electron chi connectivity index (χ0n) is 19.5. The number of benzene rings is 2. The lowest BCUT2D eigenvalue weighted by Crippen LogP contribution is -2.11. The monoisotopic (exact) mass is 473 g/mol. The lowest BCUT2D eigenvalue weighted by molar-refractivity contribution is -0.106. The Balaban J connectivity index is 2.10. The van der Waals surface area contributed by atoms with Crippen molar-refractivity contribution in [2.24, 2.45) is 0 Å². The van der Waals surface area contributed by atoms with Crippen LogP contribution in [0.2, 0.25) is 0 Å². The Labute approximate surface area is 197 Å². The first-order valence-corrected chi connectivity index (χ1v) is 11.0. The molecule has 3 aromatic rings. The summed E-state index contributed by atoms with van der Waals surface area (Å²) in [4.78, 5) is 17.3. The van der Waals surface area contributed by atoms with Gasteiger partial charge in [0.05, 0.1) is 39.2 Å². The second-order valence-electron chi connectivity index (χ2n) is 6.78. The van der Waals surface area contributed by atoms with E-state index in [9.17, 15) is 4.79 Å². The average Bonchev–Trinajstić information content (AvgIpc) is 3.34. The normalized spacial score (nSPS) is 10.9. The van der Waals surface area contributed by atoms with Crippen molar-refractivity contribution in [3.05, 3.63) is 46.8 Å². The predicted octanol–water partition coefficient (Wildman–Crippen LogP) is 4.97. The molecule has 0 saturated heterocycles. The van der Waals surface area contributed by atoms with Gasteiger partial charge in [0.25, 0.3) is 0 Å². The lowest BCUT2D eigenvalue weighted by Gasteiger charge is -2.20. The molecule has 8 nitrogen and oxygen atoms in total. The minimum absolute atomic E-state index is 0.254. The third-order valence-corrected chi connectivity index (χ3v) is 5.81. The Kier molecular flexibility index (Phi) is 8.26. The van der Waals surface area contributed by atoms with Crippen LogP contribution in [0.15, 0.2) is 35.7 Å². The molecule has 0 bridgehead atoms. The molecule has 9 heteroatoms. The van der Waals surface area contributed by atoms with Crippen LogP contribution >= 0.6 is 11.3 Å². The van der Waals surface area contributed by atoms with Crippen LogP contribution in [0.3, 0.4) is 0 Å². The Morgan fingerprint density at radius 1 is 0.970 bits per heavy atom. The van der Waals surface area contributed by atoms with Crippen LogP contribution in [-0.2, 0) is 14.2 Å². The molecule has 0 atom stereocenters. The summed E-state index contributed by atoms with van der Waals surface area (Å²) in [6.07, 6.45) is -0.739. The highest BCUT2D eigenvalue weighted by Crippen LogP contribution is 2.39. The zero-order valence-corrected chi connectivity index (χ0v) is 20.3. The van der Waals surface area contributed by atoms with Gasteiger partial charge in [0.1, 0.15) is 16.3 Å². The van der Waals surface area contributed by atoms with E-state index in [1.54, 1.807) is 13.2 Å². The number of carbonyl (C=O) groups is 1. The van der Waals surface area contributed by atoms with Gasteiger partial charge in [0, 0.05) is 30.7 Å². The summed E-state index contributed by atoms with van der Waals surface area (Å²) >= 11 is 1.48. The topological polar surface area (TPSA) is 85.3 Å². The Morgan fingerprint density at radius 3 is 2.33 bits per heavy atom. The first kappa shape index (κ1) is 24.5. The molecule has 1 heterocycles. The van der Waals surface area contributed by atoms with Gasteiger partial charge < -0.3 is 28.4 Å². The van der Waals surface area contributed by atoms with E-state index in [1.807, 2.05) is 36.6 Å². The number of aromatic nitrogens is 1. The highest BCUT2D eigenvalue weighted by Gasteiger charge is 2.25. The molecule has 176 valence electrons. The van der Waals surface area contributed by atoms with Gasteiger partial charge >= 0.3 is 5.97 Å². The third-order valence-electron chi connectivity index (χ3n) is 4.92. The molecule has 0 amide bonds. The van der Waals surface area contributed by atoms with Crippen LogP contribution in [0.1, 0.15) is 29.1 Å². The van der Waals surface area contributed by atoms with Crippen LogP contribution in [0, 0.1) is 0 Å². The molecule has 0 unspecified atom stereocenters. The number of carbonyl (C=O) groups excluding carboxylic acids is 1. The highest BCUT2D eigenvalue weighted by molar-refractivity contribution is 7.13. The molecule has 33 heavy (non-hydrogen) atoms. The highest BCUT2D eigenvalue weighted by atomic mass is 32.1. The Bertz CT molecular complexity index is 1110. The minimum atomic E-state index is -0.739. The SMILES string of the molecule is CCOc1cc(-c2nc(-c3cc(C(=O)OC)c(OC)c(C(OC)OC)c3)cs2)ccc1OC. The fourth-order valence-electron chi connectivity index (χ4n) is 3.43. The summed E-state index contributed by atoms with van der Waals surface area (Å²) in [6, 6.07) is 9.20. The average molecular weight is 474 g/mol. The molecule has 0 aliphatic heterocycles. The van der Waals surface area contributed by atoms with Gasteiger partial charge in [-0.15, -0.1) is 11.3 Å². The molecule has 1 aromatic heterocycles. The van der Waals surface area contributed by atoms with Crippen molar-refractivity contribution in [3.8, 4) is 39.1 Å². The first-order chi connectivity index (χ1) is 16.0. The molecule has 0 aliphatic rings. The molecule has 2 aromatic carbocycles. The van der Waals surface area contributed by atoms with E-state index in [4.69, 9.17) is 33.4 Å². The van der Waals surface area contributed by atoms with E-state index in [-0.39, 0.29) is 5.56 Å². The maximum absolute atomic E-state index is 12.5.